The minimum absolute atomic E-state index is 0.104. The zero-order valence-corrected chi connectivity index (χ0v) is 10.9. The van der Waals surface area contributed by atoms with Crippen molar-refractivity contribution in [3.8, 4) is 0 Å². The molecular formula is C13H22N2O3. The molecule has 0 radical (unpaired) electrons. The first-order valence-corrected chi connectivity index (χ1v) is 6.77. The molecule has 102 valence electrons. The topological polar surface area (TPSA) is 78.4 Å². The van der Waals surface area contributed by atoms with Gasteiger partial charge < -0.3 is 15.7 Å². The number of amides is 1. The second-order valence-corrected chi connectivity index (χ2v) is 5.73. The zero-order valence-electron chi connectivity index (χ0n) is 10.9. The molecular weight excluding hydrogens is 232 g/mol. The highest BCUT2D eigenvalue weighted by Gasteiger charge is 2.48. The molecule has 1 saturated carbocycles. The van der Waals surface area contributed by atoms with Crippen molar-refractivity contribution in [2.75, 3.05) is 13.1 Å². The van der Waals surface area contributed by atoms with Crippen molar-refractivity contribution < 1.29 is 14.7 Å². The van der Waals surface area contributed by atoms with E-state index in [4.69, 9.17) is 0 Å². The van der Waals surface area contributed by atoms with Gasteiger partial charge in [-0.2, -0.15) is 0 Å². The summed E-state index contributed by atoms with van der Waals surface area (Å²) in [4.78, 5) is 23.1. The first-order chi connectivity index (χ1) is 8.52. The molecule has 3 N–H and O–H groups in total. The predicted octanol–water partition coefficient (Wildman–Crippen LogP) is 0.746. The maximum Gasteiger partial charge on any atom is 0.329 e. The van der Waals surface area contributed by atoms with Gasteiger partial charge in [0, 0.05) is 6.42 Å². The monoisotopic (exact) mass is 254 g/mol. The quantitative estimate of drug-likeness (QED) is 0.653. The highest BCUT2D eigenvalue weighted by molar-refractivity contribution is 5.87. The van der Waals surface area contributed by atoms with Crippen molar-refractivity contribution in [2.45, 2.75) is 44.6 Å². The van der Waals surface area contributed by atoms with Crippen LogP contribution in [-0.2, 0) is 9.59 Å². The first kappa shape index (κ1) is 13.3. The summed E-state index contributed by atoms with van der Waals surface area (Å²) in [5.74, 6) is -0.376. The molecule has 0 bridgehead atoms. The van der Waals surface area contributed by atoms with Gasteiger partial charge in [-0.15, -0.1) is 0 Å². The Morgan fingerprint density at radius 3 is 2.61 bits per heavy atom. The van der Waals surface area contributed by atoms with E-state index in [0.717, 1.165) is 38.8 Å². The van der Waals surface area contributed by atoms with E-state index < -0.39 is 11.5 Å². The summed E-state index contributed by atoms with van der Waals surface area (Å²) in [6, 6.07) is 0. The van der Waals surface area contributed by atoms with Crippen LogP contribution in [-0.4, -0.2) is 35.6 Å². The summed E-state index contributed by atoms with van der Waals surface area (Å²) in [5, 5.41) is 15.2. The molecule has 2 aliphatic rings. The van der Waals surface area contributed by atoms with Gasteiger partial charge in [0.25, 0.3) is 0 Å². The van der Waals surface area contributed by atoms with Crippen LogP contribution < -0.4 is 10.6 Å². The van der Waals surface area contributed by atoms with E-state index in [1.54, 1.807) is 6.92 Å². The smallest absolute Gasteiger partial charge is 0.329 e. The van der Waals surface area contributed by atoms with Gasteiger partial charge in [-0.3, -0.25) is 4.79 Å². The van der Waals surface area contributed by atoms with Crippen molar-refractivity contribution in [1.82, 2.24) is 10.6 Å². The van der Waals surface area contributed by atoms with Crippen LogP contribution >= 0.6 is 0 Å². The van der Waals surface area contributed by atoms with Crippen LogP contribution in [0.2, 0.25) is 0 Å². The number of carboxylic acid groups (broad SMARTS) is 1. The molecule has 2 unspecified atom stereocenters. The number of carboxylic acids is 1. The number of nitrogens with one attached hydrogen (secondary N) is 2. The number of aliphatic carboxylic acids is 1. The third-order valence-electron chi connectivity index (χ3n) is 4.18. The van der Waals surface area contributed by atoms with E-state index in [0.29, 0.717) is 12.3 Å². The second-order valence-electron chi connectivity index (χ2n) is 5.73. The fourth-order valence-electron chi connectivity index (χ4n) is 2.64. The Hall–Kier alpha value is -1.10. The van der Waals surface area contributed by atoms with Gasteiger partial charge in [-0.1, -0.05) is 0 Å². The molecule has 1 aliphatic heterocycles. The molecule has 5 nitrogen and oxygen atoms in total. The molecule has 2 atom stereocenters. The molecule has 5 heteroatoms. The molecule has 2 fully saturated rings. The molecule has 1 saturated heterocycles. The van der Waals surface area contributed by atoms with Gasteiger partial charge in [0.1, 0.15) is 5.54 Å². The Labute approximate surface area is 107 Å². The van der Waals surface area contributed by atoms with Gasteiger partial charge in [-0.05, 0) is 57.5 Å². The SMILES string of the molecule is CC(NC(=O)CCC1CCNC1)(C(=O)O)C1CC1. The van der Waals surface area contributed by atoms with Gasteiger partial charge in [0.15, 0.2) is 0 Å². The van der Waals surface area contributed by atoms with Crippen LogP contribution in [0.25, 0.3) is 0 Å². The van der Waals surface area contributed by atoms with Gasteiger partial charge >= 0.3 is 5.97 Å². The van der Waals surface area contributed by atoms with Crippen LogP contribution in [0.5, 0.6) is 0 Å². The molecule has 1 aliphatic carbocycles. The summed E-state index contributed by atoms with van der Waals surface area (Å²) < 4.78 is 0. The third kappa shape index (κ3) is 3.02. The van der Waals surface area contributed by atoms with Crippen molar-refractivity contribution in [2.24, 2.45) is 11.8 Å². The Balaban J connectivity index is 1.79. The van der Waals surface area contributed by atoms with Crippen molar-refractivity contribution in [3.05, 3.63) is 0 Å². The number of hydrogen-bond donors (Lipinski definition) is 3. The maximum absolute atomic E-state index is 11.9. The van der Waals surface area contributed by atoms with E-state index in [1.807, 2.05) is 0 Å². The summed E-state index contributed by atoms with van der Waals surface area (Å²) in [5.41, 5.74) is -1.06. The number of hydrogen-bond acceptors (Lipinski definition) is 3. The summed E-state index contributed by atoms with van der Waals surface area (Å²) >= 11 is 0. The second kappa shape index (κ2) is 5.26. The van der Waals surface area contributed by atoms with E-state index in [9.17, 15) is 14.7 Å². The molecule has 0 aromatic heterocycles. The normalized spacial score (nSPS) is 26.6. The van der Waals surface area contributed by atoms with Gasteiger partial charge in [0.05, 0.1) is 0 Å². The zero-order chi connectivity index (χ0) is 13.2. The van der Waals surface area contributed by atoms with Crippen LogP contribution in [0.3, 0.4) is 0 Å². The Bertz CT molecular complexity index is 335. The predicted molar refractivity (Wildman–Crippen MR) is 67.1 cm³/mol. The molecule has 2 rings (SSSR count). The molecule has 18 heavy (non-hydrogen) atoms. The maximum atomic E-state index is 11.9. The van der Waals surface area contributed by atoms with Crippen molar-refractivity contribution >= 4 is 11.9 Å². The molecule has 0 aromatic carbocycles. The Morgan fingerprint density at radius 1 is 1.39 bits per heavy atom. The van der Waals surface area contributed by atoms with Crippen LogP contribution in [0, 0.1) is 11.8 Å². The van der Waals surface area contributed by atoms with Crippen molar-refractivity contribution in [3.63, 3.8) is 0 Å². The Morgan fingerprint density at radius 2 is 2.11 bits per heavy atom. The highest BCUT2D eigenvalue weighted by atomic mass is 16.4. The summed E-state index contributed by atoms with van der Waals surface area (Å²) in [6.45, 7) is 3.63. The average Bonchev–Trinajstić information content (AvgIpc) is 3.04. The van der Waals surface area contributed by atoms with Gasteiger partial charge in [0.2, 0.25) is 5.91 Å². The molecule has 0 aromatic rings. The lowest BCUT2D eigenvalue weighted by molar-refractivity contribution is -0.148. The average molecular weight is 254 g/mol. The molecule has 0 spiro atoms. The molecule has 1 amide bonds. The van der Waals surface area contributed by atoms with Crippen molar-refractivity contribution in [1.29, 1.82) is 0 Å². The lowest BCUT2D eigenvalue weighted by Crippen LogP contribution is -2.54. The fourth-order valence-corrected chi connectivity index (χ4v) is 2.64. The van der Waals surface area contributed by atoms with E-state index in [1.165, 1.54) is 0 Å². The minimum Gasteiger partial charge on any atom is -0.480 e. The summed E-state index contributed by atoms with van der Waals surface area (Å²) in [6.07, 6.45) is 4.19. The van der Waals surface area contributed by atoms with Gasteiger partial charge in [-0.25, -0.2) is 4.79 Å². The molecule has 1 heterocycles. The number of rotatable bonds is 6. The van der Waals surface area contributed by atoms with E-state index in [-0.39, 0.29) is 11.8 Å². The lowest BCUT2D eigenvalue weighted by atomic mass is 9.95. The summed E-state index contributed by atoms with van der Waals surface area (Å²) in [7, 11) is 0. The highest BCUT2D eigenvalue weighted by Crippen LogP contribution is 2.39. The van der Waals surface area contributed by atoms with Crippen LogP contribution in [0.1, 0.15) is 39.0 Å². The fraction of sp³-hybridized carbons (Fsp3) is 0.846. The van der Waals surface area contributed by atoms with E-state index >= 15 is 0 Å². The Kier molecular flexibility index (Phi) is 3.90. The number of carbonyl (C=O) groups excluding carboxylic acids is 1. The van der Waals surface area contributed by atoms with Crippen LogP contribution in [0.4, 0.5) is 0 Å². The first-order valence-electron chi connectivity index (χ1n) is 6.77. The number of carbonyl (C=O) groups is 2. The van der Waals surface area contributed by atoms with Crippen LogP contribution in [0.15, 0.2) is 0 Å². The third-order valence-corrected chi connectivity index (χ3v) is 4.18. The lowest BCUT2D eigenvalue weighted by Gasteiger charge is -2.26. The standard InChI is InChI=1S/C13H22N2O3/c1-13(12(17)18,10-3-4-10)15-11(16)5-2-9-6-7-14-8-9/h9-10,14H,2-8H2,1H3,(H,15,16)(H,17,18). The largest absolute Gasteiger partial charge is 0.480 e. The van der Waals surface area contributed by atoms with E-state index in [2.05, 4.69) is 10.6 Å². The minimum atomic E-state index is -1.06.